The minimum atomic E-state index is -0.816. The molecule has 0 aromatic heterocycles. The second kappa shape index (κ2) is 9.19. The van der Waals surface area contributed by atoms with E-state index in [9.17, 15) is 14.4 Å². The largest absolute Gasteiger partial charge is 0.480 e. The summed E-state index contributed by atoms with van der Waals surface area (Å²) in [5, 5.41) is 9.04. The normalized spacial score (nSPS) is 20.8. The van der Waals surface area contributed by atoms with Crippen molar-refractivity contribution in [3.05, 3.63) is 35.9 Å². The quantitative estimate of drug-likeness (QED) is 0.766. The first kappa shape index (κ1) is 20.3. The number of hydrogen-bond donors (Lipinski definition) is 1. The number of carbonyl (C=O) groups is 3. The summed E-state index contributed by atoms with van der Waals surface area (Å²) >= 11 is 0. The topological polar surface area (TPSA) is 81.2 Å². The monoisotopic (exact) mass is 387 g/mol. The molecular weight excluding hydrogens is 358 g/mol. The Morgan fingerprint density at radius 1 is 1.18 bits per heavy atom. The average Bonchev–Trinajstić information content (AvgIpc) is 3.06. The fourth-order valence-corrected chi connectivity index (χ4v) is 4.28. The van der Waals surface area contributed by atoms with E-state index < -0.39 is 5.97 Å². The summed E-state index contributed by atoms with van der Waals surface area (Å²) in [6.45, 7) is 4.98. The van der Waals surface area contributed by atoms with Gasteiger partial charge >= 0.3 is 5.97 Å². The van der Waals surface area contributed by atoms with Gasteiger partial charge in [0.15, 0.2) is 0 Å². The Kier molecular flexibility index (Phi) is 6.67. The number of aliphatic carboxylic acids is 1. The van der Waals surface area contributed by atoms with Gasteiger partial charge in [-0.1, -0.05) is 37.3 Å². The molecule has 0 saturated carbocycles. The number of hydrogen-bond acceptors (Lipinski definition) is 4. The minimum Gasteiger partial charge on any atom is -0.480 e. The van der Waals surface area contributed by atoms with Gasteiger partial charge in [0.1, 0.15) is 0 Å². The third-order valence-electron chi connectivity index (χ3n) is 5.82. The van der Waals surface area contributed by atoms with Gasteiger partial charge in [-0.2, -0.15) is 0 Å². The predicted molar refractivity (Wildman–Crippen MR) is 104 cm³/mol. The van der Waals surface area contributed by atoms with Crippen molar-refractivity contribution >= 4 is 17.8 Å². The number of benzene rings is 1. The fraction of sp³-hybridized carbons (Fsp3) is 0.571. The van der Waals surface area contributed by atoms with Crippen LogP contribution in [0.25, 0.3) is 0 Å². The Bertz CT molecular complexity index is 701. The third-order valence-corrected chi connectivity index (χ3v) is 5.82. The van der Waals surface area contributed by atoms with E-state index in [1.807, 2.05) is 47.1 Å². The summed E-state index contributed by atoms with van der Waals surface area (Å²) in [7, 11) is 0. The summed E-state index contributed by atoms with van der Waals surface area (Å²) in [5.41, 5.74) is 1.07. The van der Waals surface area contributed by atoms with Crippen molar-refractivity contribution in [2.24, 2.45) is 5.92 Å². The van der Waals surface area contributed by atoms with Gasteiger partial charge in [0.2, 0.25) is 11.8 Å². The van der Waals surface area contributed by atoms with Crippen molar-refractivity contribution in [1.82, 2.24) is 14.7 Å². The lowest BCUT2D eigenvalue weighted by molar-refractivity contribution is -0.141. The highest BCUT2D eigenvalue weighted by Crippen LogP contribution is 2.25. The van der Waals surface area contributed by atoms with Gasteiger partial charge in [-0.15, -0.1) is 0 Å². The summed E-state index contributed by atoms with van der Waals surface area (Å²) in [5.74, 6) is -0.989. The average molecular weight is 387 g/mol. The Balaban J connectivity index is 1.51. The van der Waals surface area contributed by atoms with Crippen LogP contribution in [0.1, 0.15) is 31.7 Å². The van der Waals surface area contributed by atoms with Gasteiger partial charge in [0.25, 0.3) is 0 Å². The number of carboxylic acid groups (broad SMARTS) is 1. The molecule has 1 aromatic carbocycles. The van der Waals surface area contributed by atoms with Crippen LogP contribution in [-0.2, 0) is 20.9 Å². The van der Waals surface area contributed by atoms with E-state index in [-0.39, 0.29) is 36.7 Å². The van der Waals surface area contributed by atoms with E-state index in [0.717, 1.165) is 18.4 Å². The molecule has 0 bridgehead atoms. The standard InChI is InChI=1S/C21H29N3O4/c1-2-22(15-20(26)27)18-8-10-23(11-9-18)21(28)17-12-19(25)24(14-17)13-16-6-4-3-5-7-16/h3-7,17-18H,2,8-15H2,1H3,(H,26,27). The van der Waals surface area contributed by atoms with Gasteiger partial charge in [0.05, 0.1) is 12.5 Å². The second-order valence-electron chi connectivity index (χ2n) is 7.67. The van der Waals surface area contributed by atoms with Crippen molar-refractivity contribution in [1.29, 1.82) is 0 Å². The minimum absolute atomic E-state index is 0.0377. The molecular formula is C21H29N3O4. The summed E-state index contributed by atoms with van der Waals surface area (Å²) in [6.07, 6.45) is 1.84. The van der Waals surface area contributed by atoms with Gasteiger partial charge in [-0.3, -0.25) is 19.3 Å². The van der Waals surface area contributed by atoms with Crippen LogP contribution in [0, 0.1) is 5.92 Å². The second-order valence-corrected chi connectivity index (χ2v) is 7.67. The first-order valence-corrected chi connectivity index (χ1v) is 10.0. The Morgan fingerprint density at radius 3 is 2.46 bits per heavy atom. The molecule has 1 aromatic rings. The molecule has 28 heavy (non-hydrogen) atoms. The third kappa shape index (κ3) is 4.90. The first-order chi connectivity index (χ1) is 13.5. The molecule has 2 aliphatic rings. The molecule has 0 radical (unpaired) electrons. The summed E-state index contributed by atoms with van der Waals surface area (Å²) < 4.78 is 0. The molecule has 7 nitrogen and oxygen atoms in total. The van der Waals surface area contributed by atoms with E-state index in [2.05, 4.69) is 0 Å². The van der Waals surface area contributed by atoms with Crippen molar-refractivity contribution in [3.8, 4) is 0 Å². The molecule has 2 amide bonds. The maximum Gasteiger partial charge on any atom is 0.317 e. The van der Waals surface area contributed by atoms with E-state index in [0.29, 0.717) is 32.7 Å². The Labute approximate surface area is 165 Å². The molecule has 2 fully saturated rings. The number of amides is 2. The van der Waals surface area contributed by atoms with Crippen LogP contribution in [0.5, 0.6) is 0 Å². The van der Waals surface area contributed by atoms with Crippen molar-refractivity contribution in [3.63, 3.8) is 0 Å². The number of likely N-dealkylation sites (N-methyl/N-ethyl adjacent to an activating group) is 1. The Morgan fingerprint density at radius 2 is 1.86 bits per heavy atom. The maximum absolute atomic E-state index is 12.9. The number of carboxylic acids is 1. The lowest BCUT2D eigenvalue weighted by Crippen LogP contribution is -2.49. The van der Waals surface area contributed by atoms with E-state index in [1.165, 1.54) is 0 Å². The predicted octanol–water partition coefficient (Wildman–Crippen LogP) is 1.43. The van der Waals surface area contributed by atoms with Crippen LogP contribution >= 0.6 is 0 Å². The summed E-state index contributed by atoms with van der Waals surface area (Å²) in [4.78, 5) is 41.9. The number of piperidine rings is 1. The van der Waals surface area contributed by atoms with E-state index >= 15 is 0 Å². The first-order valence-electron chi connectivity index (χ1n) is 10.0. The number of carbonyl (C=O) groups excluding carboxylic acids is 2. The van der Waals surface area contributed by atoms with Crippen molar-refractivity contribution in [2.45, 2.75) is 38.8 Å². The molecule has 1 N–H and O–H groups in total. The molecule has 152 valence electrons. The highest BCUT2D eigenvalue weighted by atomic mass is 16.4. The van der Waals surface area contributed by atoms with Gasteiger partial charge in [-0.25, -0.2) is 0 Å². The number of rotatable bonds is 7. The molecule has 7 heteroatoms. The highest BCUT2D eigenvalue weighted by molar-refractivity contribution is 5.89. The fourth-order valence-electron chi connectivity index (χ4n) is 4.28. The van der Waals surface area contributed by atoms with E-state index in [4.69, 9.17) is 5.11 Å². The molecule has 2 heterocycles. The number of likely N-dealkylation sites (tertiary alicyclic amines) is 2. The zero-order chi connectivity index (χ0) is 20.1. The van der Waals surface area contributed by atoms with Crippen molar-refractivity contribution < 1.29 is 19.5 Å². The number of nitrogens with zero attached hydrogens (tertiary/aromatic N) is 3. The summed E-state index contributed by atoms with van der Waals surface area (Å²) in [6, 6.07) is 10.0. The molecule has 1 unspecified atom stereocenters. The highest BCUT2D eigenvalue weighted by Gasteiger charge is 2.37. The molecule has 1 atom stereocenters. The van der Waals surface area contributed by atoms with Crippen LogP contribution < -0.4 is 0 Å². The lowest BCUT2D eigenvalue weighted by Gasteiger charge is -2.38. The lowest BCUT2D eigenvalue weighted by atomic mass is 10.00. The SMILES string of the molecule is CCN(CC(=O)O)C1CCN(C(=O)C2CC(=O)N(Cc3ccccc3)C2)CC1. The van der Waals surface area contributed by atoms with E-state index in [1.54, 1.807) is 4.90 Å². The Hall–Kier alpha value is -2.41. The smallest absolute Gasteiger partial charge is 0.317 e. The van der Waals surface area contributed by atoms with Crippen LogP contribution in [0.3, 0.4) is 0 Å². The molecule has 0 aliphatic carbocycles. The van der Waals surface area contributed by atoms with Crippen LogP contribution in [0.2, 0.25) is 0 Å². The van der Waals surface area contributed by atoms with Gasteiger partial charge in [0, 0.05) is 38.6 Å². The van der Waals surface area contributed by atoms with Crippen LogP contribution in [-0.4, -0.2) is 76.4 Å². The van der Waals surface area contributed by atoms with Crippen molar-refractivity contribution in [2.75, 3.05) is 32.7 Å². The zero-order valence-electron chi connectivity index (χ0n) is 16.4. The van der Waals surface area contributed by atoms with Crippen LogP contribution in [0.15, 0.2) is 30.3 Å². The molecule has 2 saturated heterocycles. The van der Waals surface area contributed by atoms with Crippen LogP contribution in [0.4, 0.5) is 0 Å². The van der Waals surface area contributed by atoms with Gasteiger partial charge in [-0.05, 0) is 24.9 Å². The zero-order valence-corrected chi connectivity index (χ0v) is 16.4. The molecule has 2 aliphatic heterocycles. The molecule has 0 spiro atoms. The molecule has 3 rings (SSSR count). The maximum atomic E-state index is 12.9. The van der Waals surface area contributed by atoms with Gasteiger partial charge < -0.3 is 14.9 Å².